The Kier molecular flexibility index (Phi) is 2.74. The summed E-state index contributed by atoms with van der Waals surface area (Å²) in [6.45, 7) is 0. The van der Waals surface area contributed by atoms with E-state index in [0.717, 1.165) is 30.2 Å². The first kappa shape index (κ1) is 12.1. The first-order chi connectivity index (χ1) is 9.06. The minimum absolute atomic E-state index is 0.168. The molecule has 0 saturated heterocycles. The number of aromatic carboxylic acids is 1. The molecule has 0 unspecified atom stereocenters. The maximum absolute atomic E-state index is 13.8. The van der Waals surface area contributed by atoms with E-state index in [4.69, 9.17) is 5.11 Å². The van der Waals surface area contributed by atoms with Gasteiger partial charge in [-0.05, 0) is 25.0 Å². The summed E-state index contributed by atoms with van der Waals surface area (Å²) in [4.78, 5) is 15.6. The lowest BCUT2D eigenvalue weighted by molar-refractivity contribution is 0.0700. The van der Waals surface area contributed by atoms with Gasteiger partial charge in [-0.25, -0.2) is 14.2 Å². The molecule has 0 atom stereocenters. The minimum Gasteiger partial charge on any atom is -0.508 e. The molecule has 0 aliphatic heterocycles. The van der Waals surface area contributed by atoms with Crippen LogP contribution >= 0.6 is 11.3 Å². The fraction of sp³-hybridized carbons (Fsp3) is 0.231. The third kappa shape index (κ3) is 2.19. The number of aromatic hydroxyl groups is 1. The van der Waals surface area contributed by atoms with E-state index in [2.05, 4.69) is 4.98 Å². The number of rotatable bonds is 3. The van der Waals surface area contributed by atoms with E-state index in [-0.39, 0.29) is 22.1 Å². The van der Waals surface area contributed by atoms with Crippen molar-refractivity contribution in [3.8, 4) is 16.3 Å². The Balaban J connectivity index is 2.10. The number of carboxylic acid groups (broad SMARTS) is 1. The zero-order valence-corrected chi connectivity index (χ0v) is 10.6. The average Bonchev–Trinajstić information content (AvgIpc) is 3.09. The highest BCUT2D eigenvalue weighted by atomic mass is 32.1. The van der Waals surface area contributed by atoms with Gasteiger partial charge in [0.15, 0.2) is 0 Å². The quantitative estimate of drug-likeness (QED) is 0.905. The van der Waals surface area contributed by atoms with Crippen LogP contribution in [-0.4, -0.2) is 21.2 Å². The summed E-state index contributed by atoms with van der Waals surface area (Å²) in [6.07, 6.45) is 1.86. The van der Waals surface area contributed by atoms with Crippen LogP contribution in [0.2, 0.25) is 0 Å². The second-order valence-electron chi connectivity index (χ2n) is 4.48. The zero-order chi connectivity index (χ0) is 13.6. The smallest absolute Gasteiger partial charge is 0.347 e. The topological polar surface area (TPSA) is 70.4 Å². The monoisotopic (exact) mass is 279 g/mol. The summed E-state index contributed by atoms with van der Waals surface area (Å²) in [5.74, 6) is -1.60. The molecule has 1 aromatic carbocycles. The van der Waals surface area contributed by atoms with Gasteiger partial charge in [-0.1, -0.05) is 0 Å². The first-order valence-electron chi connectivity index (χ1n) is 5.79. The molecule has 2 N–H and O–H groups in total. The summed E-state index contributed by atoms with van der Waals surface area (Å²) in [5.41, 5.74) is 0.775. The van der Waals surface area contributed by atoms with Crippen molar-refractivity contribution in [1.82, 2.24) is 4.98 Å². The number of carboxylic acids is 1. The molecule has 0 bridgehead atoms. The van der Waals surface area contributed by atoms with Gasteiger partial charge in [-0.15, -0.1) is 11.3 Å². The molecule has 0 radical (unpaired) electrons. The highest BCUT2D eigenvalue weighted by Crippen LogP contribution is 2.44. The van der Waals surface area contributed by atoms with Crippen LogP contribution in [-0.2, 0) is 0 Å². The third-order valence-corrected chi connectivity index (χ3v) is 4.09. The fourth-order valence-corrected chi connectivity index (χ4v) is 2.93. The van der Waals surface area contributed by atoms with Crippen molar-refractivity contribution < 1.29 is 19.4 Å². The van der Waals surface area contributed by atoms with E-state index in [1.54, 1.807) is 0 Å². The molecule has 6 heteroatoms. The van der Waals surface area contributed by atoms with E-state index in [9.17, 15) is 14.3 Å². The van der Waals surface area contributed by atoms with Crippen molar-refractivity contribution in [2.75, 3.05) is 0 Å². The lowest BCUT2D eigenvalue weighted by atomic mass is 10.2. The first-order valence-corrected chi connectivity index (χ1v) is 6.61. The molecule has 4 nitrogen and oxygen atoms in total. The van der Waals surface area contributed by atoms with Crippen molar-refractivity contribution in [3.05, 3.63) is 34.6 Å². The van der Waals surface area contributed by atoms with Crippen LogP contribution in [0.1, 0.15) is 34.1 Å². The number of phenols is 1. The predicted octanol–water partition coefficient (Wildman–Crippen LogP) is 3.23. The molecule has 3 rings (SSSR count). The van der Waals surface area contributed by atoms with Crippen LogP contribution < -0.4 is 0 Å². The van der Waals surface area contributed by atoms with Gasteiger partial charge < -0.3 is 10.2 Å². The third-order valence-electron chi connectivity index (χ3n) is 2.99. The van der Waals surface area contributed by atoms with Gasteiger partial charge in [-0.2, -0.15) is 0 Å². The molecule has 0 amide bonds. The number of phenolic OH excluding ortho intramolecular Hbond substituents is 1. The van der Waals surface area contributed by atoms with E-state index < -0.39 is 11.8 Å². The number of halogens is 1. The van der Waals surface area contributed by atoms with E-state index in [0.29, 0.717) is 10.7 Å². The van der Waals surface area contributed by atoms with Crippen LogP contribution in [0.25, 0.3) is 10.6 Å². The molecule has 1 aromatic heterocycles. The summed E-state index contributed by atoms with van der Waals surface area (Å²) in [6, 6.07) is 3.76. The van der Waals surface area contributed by atoms with Crippen molar-refractivity contribution in [2.24, 2.45) is 0 Å². The molecule has 1 aliphatic rings. The van der Waals surface area contributed by atoms with Crippen molar-refractivity contribution in [2.45, 2.75) is 18.8 Å². The summed E-state index contributed by atoms with van der Waals surface area (Å²) < 4.78 is 13.8. The summed E-state index contributed by atoms with van der Waals surface area (Å²) in [5, 5.41) is 18.7. The normalized spacial score (nSPS) is 14.6. The Morgan fingerprint density at radius 2 is 2.16 bits per heavy atom. The largest absolute Gasteiger partial charge is 0.508 e. The Morgan fingerprint density at radius 3 is 2.74 bits per heavy atom. The maximum atomic E-state index is 13.8. The Bertz CT molecular complexity index is 664. The highest BCUT2D eigenvalue weighted by Gasteiger charge is 2.32. The lowest BCUT2D eigenvalue weighted by Gasteiger charge is -1.99. The fourth-order valence-electron chi connectivity index (χ4n) is 1.91. The van der Waals surface area contributed by atoms with E-state index >= 15 is 0 Å². The van der Waals surface area contributed by atoms with E-state index in [1.807, 2.05) is 0 Å². The molecule has 1 heterocycles. The molecule has 1 fully saturated rings. The maximum Gasteiger partial charge on any atom is 0.347 e. The molecule has 2 aromatic rings. The van der Waals surface area contributed by atoms with Gasteiger partial charge in [-0.3, -0.25) is 0 Å². The number of hydrogen-bond acceptors (Lipinski definition) is 4. The van der Waals surface area contributed by atoms with Crippen LogP contribution in [0.4, 0.5) is 4.39 Å². The van der Waals surface area contributed by atoms with Crippen molar-refractivity contribution in [3.63, 3.8) is 0 Å². The van der Waals surface area contributed by atoms with Crippen molar-refractivity contribution in [1.29, 1.82) is 0 Å². The SMILES string of the molecule is O=C(O)c1sc(-c2ccc(O)cc2F)nc1C1CC1. The van der Waals surface area contributed by atoms with Crippen molar-refractivity contribution >= 4 is 17.3 Å². The summed E-state index contributed by atoms with van der Waals surface area (Å²) in [7, 11) is 0. The molecular weight excluding hydrogens is 269 g/mol. The van der Waals surface area contributed by atoms with Crippen LogP contribution in [0.3, 0.4) is 0 Å². The molecule has 0 spiro atoms. The minimum atomic E-state index is -1.02. The number of benzene rings is 1. The second-order valence-corrected chi connectivity index (χ2v) is 5.48. The van der Waals surface area contributed by atoms with Crippen LogP contribution in [0.15, 0.2) is 18.2 Å². The molecular formula is C13H10FNO3S. The summed E-state index contributed by atoms with van der Waals surface area (Å²) >= 11 is 0.977. The van der Waals surface area contributed by atoms with Gasteiger partial charge in [0, 0.05) is 17.5 Å². The Morgan fingerprint density at radius 1 is 1.42 bits per heavy atom. The standard InChI is InChI=1S/C13H10FNO3S/c14-9-5-7(16)3-4-8(9)12-15-10(6-1-2-6)11(19-12)13(17)18/h3-6,16H,1-2H2,(H,17,18). The number of nitrogens with zero attached hydrogens (tertiary/aromatic N) is 1. The number of carbonyl (C=O) groups is 1. The molecule has 98 valence electrons. The van der Waals surface area contributed by atoms with Gasteiger partial charge in [0.05, 0.1) is 5.69 Å². The lowest BCUT2D eigenvalue weighted by Crippen LogP contribution is -1.97. The van der Waals surface area contributed by atoms with Crippen LogP contribution in [0, 0.1) is 5.82 Å². The predicted molar refractivity (Wildman–Crippen MR) is 68.1 cm³/mol. The number of hydrogen-bond donors (Lipinski definition) is 2. The zero-order valence-electron chi connectivity index (χ0n) is 9.76. The molecule has 1 saturated carbocycles. The molecule has 1 aliphatic carbocycles. The van der Waals surface area contributed by atoms with Crippen LogP contribution in [0.5, 0.6) is 5.75 Å². The Hall–Kier alpha value is -1.95. The number of aromatic nitrogens is 1. The van der Waals surface area contributed by atoms with Gasteiger partial charge in [0.25, 0.3) is 0 Å². The highest BCUT2D eigenvalue weighted by molar-refractivity contribution is 7.17. The Labute approximate surface area is 112 Å². The number of thiazole rings is 1. The van der Waals surface area contributed by atoms with Gasteiger partial charge in [0.2, 0.25) is 0 Å². The second kappa shape index (κ2) is 4.31. The van der Waals surface area contributed by atoms with Gasteiger partial charge in [0.1, 0.15) is 21.5 Å². The van der Waals surface area contributed by atoms with Gasteiger partial charge >= 0.3 is 5.97 Å². The average molecular weight is 279 g/mol. The van der Waals surface area contributed by atoms with E-state index in [1.165, 1.54) is 12.1 Å². The molecule has 19 heavy (non-hydrogen) atoms.